The summed E-state index contributed by atoms with van der Waals surface area (Å²) in [5.41, 5.74) is 0.500. The molecule has 0 unspecified atom stereocenters. The first-order valence-electron chi connectivity index (χ1n) is 5.60. The quantitative estimate of drug-likeness (QED) is 0.744. The Kier molecular flexibility index (Phi) is 4.14. The molecule has 21 heavy (non-hydrogen) atoms. The Bertz CT molecular complexity index is 670. The summed E-state index contributed by atoms with van der Waals surface area (Å²) < 4.78 is 0. The van der Waals surface area contributed by atoms with E-state index < -0.39 is 0 Å². The Balaban J connectivity index is 2.42. The van der Waals surface area contributed by atoms with E-state index in [1.807, 2.05) is 0 Å². The van der Waals surface area contributed by atoms with Crippen LogP contribution in [0.1, 0.15) is 0 Å². The topological polar surface area (TPSA) is 130 Å². The van der Waals surface area contributed by atoms with Gasteiger partial charge in [-0.25, -0.2) is 0 Å². The second-order valence-electron chi connectivity index (χ2n) is 3.89. The highest BCUT2D eigenvalue weighted by Crippen LogP contribution is 2.36. The van der Waals surface area contributed by atoms with E-state index in [0.717, 1.165) is 0 Å². The Hall–Kier alpha value is -3.36. The molecule has 0 aromatic heterocycles. The van der Waals surface area contributed by atoms with Gasteiger partial charge in [0.2, 0.25) is 0 Å². The second-order valence-corrected chi connectivity index (χ2v) is 3.89. The van der Waals surface area contributed by atoms with Crippen LogP contribution in [0.15, 0.2) is 57.1 Å². The molecule has 0 aliphatic heterocycles. The van der Waals surface area contributed by atoms with Gasteiger partial charge in [0, 0.05) is 0 Å². The van der Waals surface area contributed by atoms with Crippen molar-refractivity contribution in [3.63, 3.8) is 0 Å². The molecule has 0 heterocycles. The van der Waals surface area contributed by atoms with Crippen molar-refractivity contribution in [3.8, 4) is 0 Å². The summed E-state index contributed by atoms with van der Waals surface area (Å²) in [5.74, 6) is 0. The third-order valence-corrected chi connectivity index (χ3v) is 2.64. The van der Waals surface area contributed by atoms with Crippen molar-refractivity contribution >= 4 is 34.1 Å². The highest BCUT2D eigenvalue weighted by atomic mass is 16.3. The second kappa shape index (κ2) is 6.19. The molecule has 9 nitrogen and oxygen atoms in total. The fraction of sp³-hybridized carbons (Fsp3) is 0. The van der Waals surface area contributed by atoms with Crippen LogP contribution in [0.5, 0.6) is 0 Å². The van der Waals surface area contributed by atoms with Crippen molar-refractivity contribution in [2.45, 2.75) is 0 Å². The lowest BCUT2D eigenvalue weighted by Crippen LogP contribution is -1.91. The molecule has 104 valence electrons. The maximum absolute atomic E-state index is 10.8. The largest absolute Gasteiger partial charge is 0.352 e. The van der Waals surface area contributed by atoms with Crippen LogP contribution in [0.3, 0.4) is 0 Å². The van der Waals surface area contributed by atoms with Crippen molar-refractivity contribution < 1.29 is 0 Å². The first-order valence-corrected chi connectivity index (χ1v) is 5.60. The maximum Gasteiger partial charge on any atom is 0.133 e. The first-order chi connectivity index (χ1) is 10.2. The van der Waals surface area contributed by atoms with Crippen molar-refractivity contribution in [2.24, 2.45) is 20.7 Å². The van der Waals surface area contributed by atoms with Gasteiger partial charge in [-0.3, -0.25) is 0 Å². The summed E-state index contributed by atoms with van der Waals surface area (Å²) in [6, 6.07) is 7.95. The summed E-state index contributed by atoms with van der Waals surface area (Å²) in [6.45, 7) is 0. The predicted octanol–water partition coefficient (Wildman–Crippen LogP) is 5.02. The third-order valence-electron chi connectivity index (χ3n) is 2.64. The predicted molar refractivity (Wildman–Crippen MR) is 78.0 cm³/mol. The molecule has 0 aliphatic rings. The molecule has 0 fully saturated rings. The van der Waals surface area contributed by atoms with E-state index >= 15 is 0 Å². The van der Waals surface area contributed by atoms with Crippen LogP contribution in [-0.4, -0.2) is 0 Å². The average molecular weight is 285 g/mol. The molecule has 1 N–H and O–H groups in total. The molecule has 0 atom stereocenters. The fourth-order valence-electron chi connectivity index (χ4n) is 1.66. The van der Waals surface area contributed by atoms with Gasteiger partial charge >= 0.3 is 0 Å². The van der Waals surface area contributed by atoms with Gasteiger partial charge in [0.15, 0.2) is 0 Å². The van der Waals surface area contributed by atoms with E-state index in [0.29, 0.717) is 0 Å². The zero-order chi connectivity index (χ0) is 15.2. The summed E-state index contributed by atoms with van der Waals surface area (Å²) in [7, 11) is 0. The number of anilines is 2. The van der Waals surface area contributed by atoms with Crippen molar-refractivity contribution in [1.29, 1.82) is 0 Å². The molecule has 9 heteroatoms. The first kappa shape index (κ1) is 14.1. The van der Waals surface area contributed by atoms with Gasteiger partial charge in [-0.05, 0) is 57.1 Å². The number of rotatable bonds is 6. The number of nitrogens with one attached hydrogen (secondary N) is 1. The molecule has 0 spiro atoms. The third kappa shape index (κ3) is 2.97. The van der Waals surface area contributed by atoms with Gasteiger partial charge in [-0.2, -0.15) is 0 Å². The molecule has 2 aromatic rings. The Labute approximate surface area is 117 Å². The van der Waals surface area contributed by atoms with E-state index in [-0.39, 0.29) is 34.1 Å². The van der Waals surface area contributed by atoms with Crippen LogP contribution < -0.4 is 5.32 Å². The number of nitrogens with zero attached hydrogens (tertiary/aromatic N) is 4. The van der Waals surface area contributed by atoms with Crippen LogP contribution in [0.2, 0.25) is 0 Å². The number of benzene rings is 2. The van der Waals surface area contributed by atoms with Gasteiger partial charge < -0.3 is 5.32 Å². The van der Waals surface area contributed by atoms with Crippen LogP contribution in [0.25, 0.3) is 0 Å². The average Bonchev–Trinajstić information content (AvgIpc) is 2.55. The molecule has 0 amide bonds. The maximum atomic E-state index is 10.8. The minimum atomic E-state index is -0.0541. The molecule has 0 aliphatic carbocycles. The summed E-state index contributed by atoms with van der Waals surface area (Å²) >= 11 is 0. The lowest BCUT2D eigenvalue weighted by Gasteiger charge is -2.09. The van der Waals surface area contributed by atoms with Crippen LogP contribution in [0, 0.1) is 19.6 Å². The zero-order valence-electron chi connectivity index (χ0n) is 10.4. The zero-order valence-corrected chi connectivity index (χ0v) is 10.4. The van der Waals surface area contributed by atoms with E-state index in [1.54, 1.807) is 0 Å². The molecule has 0 saturated heterocycles. The standard InChI is InChI=1S/C12H7N5O4/c18-14-7-1-3-9(11(5-7)16-20)13-10-4-2-8(15-19)6-12(10)17-21/h1-6,13H. The molecule has 0 saturated carbocycles. The van der Waals surface area contributed by atoms with Crippen molar-refractivity contribution in [3.05, 3.63) is 56.0 Å². The summed E-state index contributed by atoms with van der Waals surface area (Å²) in [5, 5.41) is 13.7. The Morgan fingerprint density at radius 3 is 1.38 bits per heavy atom. The minimum absolute atomic E-state index is 0.0457. The summed E-state index contributed by atoms with van der Waals surface area (Å²) in [4.78, 5) is 42.3. The molecule has 2 rings (SSSR count). The fourth-order valence-corrected chi connectivity index (χ4v) is 1.66. The number of hydrogen-bond acceptors (Lipinski definition) is 9. The van der Waals surface area contributed by atoms with Crippen molar-refractivity contribution in [2.75, 3.05) is 5.32 Å². The molecule has 2 aromatic carbocycles. The highest BCUT2D eigenvalue weighted by Gasteiger charge is 2.10. The lowest BCUT2D eigenvalue weighted by atomic mass is 10.2. The number of nitroso groups, excluding NO2 is 4. The van der Waals surface area contributed by atoms with Gasteiger partial charge in [0.25, 0.3) is 0 Å². The summed E-state index contributed by atoms with van der Waals surface area (Å²) in [6.07, 6.45) is 0. The van der Waals surface area contributed by atoms with E-state index in [1.165, 1.54) is 36.4 Å². The smallest absolute Gasteiger partial charge is 0.133 e. The number of hydrogen-bond donors (Lipinski definition) is 1. The van der Waals surface area contributed by atoms with Gasteiger partial charge in [0.1, 0.15) is 22.7 Å². The molecular formula is C12H7N5O4. The lowest BCUT2D eigenvalue weighted by molar-refractivity contribution is 1.40. The normalized spacial score (nSPS) is 9.71. The van der Waals surface area contributed by atoms with Gasteiger partial charge in [-0.15, -0.1) is 19.6 Å². The Morgan fingerprint density at radius 1 is 0.619 bits per heavy atom. The van der Waals surface area contributed by atoms with Crippen molar-refractivity contribution in [1.82, 2.24) is 0 Å². The molecule has 0 radical (unpaired) electrons. The molecular weight excluding hydrogens is 278 g/mol. The molecule has 0 bridgehead atoms. The van der Waals surface area contributed by atoms with Crippen LogP contribution in [0.4, 0.5) is 34.1 Å². The minimum Gasteiger partial charge on any atom is -0.352 e. The monoisotopic (exact) mass is 285 g/mol. The van der Waals surface area contributed by atoms with Crippen LogP contribution in [-0.2, 0) is 0 Å². The Morgan fingerprint density at radius 2 is 1.05 bits per heavy atom. The van der Waals surface area contributed by atoms with E-state index in [9.17, 15) is 19.6 Å². The van der Waals surface area contributed by atoms with Gasteiger partial charge in [0.05, 0.1) is 11.4 Å². The SMILES string of the molecule is O=Nc1ccc(Nc2ccc(N=O)cc2N=O)c(N=O)c1. The van der Waals surface area contributed by atoms with Gasteiger partial charge in [-0.1, -0.05) is 0 Å². The van der Waals surface area contributed by atoms with E-state index in [2.05, 4.69) is 26.0 Å². The van der Waals surface area contributed by atoms with E-state index in [4.69, 9.17) is 0 Å². The highest BCUT2D eigenvalue weighted by molar-refractivity contribution is 5.80. The van der Waals surface area contributed by atoms with Crippen LogP contribution >= 0.6 is 0 Å².